The first-order valence-electron chi connectivity index (χ1n) is 16.3. The lowest BCUT2D eigenvalue weighted by atomic mass is 9.53. The molecule has 4 heterocycles. The van der Waals surface area contributed by atoms with Crippen molar-refractivity contribution in [2.45, 2.75) is 94.4 Å². The average Bonchev–Trinajstić information content (AvgIpc) is 3.48. The number of anilines is 1. The number of hydrogen-bond donors (Lipinski definition) is 4. The van der Waals surface area contributed by atoms with Crippen LogP contribution in [0.1, 0.15) is 76.3 Å². The number of carbonyl (C=O) groups excluding carboxylic acids is 3. The van der Waals surface area contributed by atoms with Crippen molar-refractivity contribution in [1.82, 2.24) is 20.5 Å². The second kappa shape index (κ2) is 12.9. The van der Waals surface area contributed by atoms with E-state index in [4.69, 9.17) is 27.9 Å². The standard InChI is InChI=1S/C34H42Cl2FN5O5/c1-19(44)42(14-15-43)17-22-6-5-21(18-47-22)39-30(45)28-26(23-8-13-38-29(36)27(23)37)34(33(41-28)11-9-32(2,3)10-12-33)24-7-4-20(35)16-25(24)40-31(34)46/h4,7-8,13,16,21-22,26,28,41,43H,5-6,9-12,14-15,17-18H2,1-3H3,(H,39,45)(H,40,46)/t21-,22+,26+,28-,34-/m1/s1. The normalized spacial score (nSPS) is 29.0. The molecule has 0 radical (unpaired) electrons. The summed E-state index contributed by atoms with van der Waals surface area (Å²) in [6.07, 6.45) is 5.14. The maximum atomic E-state index is 16.1. The van der Waals surface area contributed by atoms with E-state index >= 15 is 4.39 Å². The summed E-state index contributed by atoms with van der Waals surface area (Å²) in [5, 5.41) is 19.3. The fourth-order valence-electron chi connectivity index (χ4n) is 8.43. The van der Waals surface area contributed by atoms with Gasteiger partial charge in [0.15, 0.2) is 11.0 Å². The minimum Gasteiger partial charge on any atom is -0.395 e. The Labute approximate surface area is 284 Å². The van der Waals surface area contributed by atoms with Gasteiger partial charge in [-0.2, -0.15) is 0 Å². The zero-order valence-corrected chi connectivity index (χ0v) is 28.4. The minimum atomic E-state index is -1.35. The van der Waals surface area contributed by atoms with E-state index in [9.17, 15) is 19.5 Å². The minimum absolute atomic E-state index is 0.0260. The molecular formula is C34H42Cl2FN5O5. The fraction of sp³-hybridized carbons (Fsp3) is 0.588. The van der Waals surface area contributed by atoms with Crippen LogP contribution in [0.3, 0.4) is 0 Å². The molecule has 10 nitrogen and oxygen atoms in total. The van der Waals surface area contributed by atoms with Gasteiger partial charge in [0.05, 0.1) is 31.4 Å². The van der Waals surface area contributed by atoms with E-state index in [1.54, 1.807) is 17.0 Å². The summed E-state index contributed by atoms with van der Waals surface area (Å²) in [4.78, 5) is 46.5. The summed E-state index contributed by atoms with van der Waals surface area (Å²) < 4.78 is 22.2. The van der Waals surface area contributed by atoms with Crippen LogP contribution in [-0.4, -0.2) is 82.7 Å². The number of nitrogens with one attached hydrogen (secondary N) is 3. The molecule has 6 rings (SSSR count). The van der Waals surface area contributed by atoms with Gasteiger partial charge < -0.3 is 25.4 Å². The van der Waals surface area contributed by atoms with Crippen LogP contribution in [0.2, 0.25) is 10.2 Å². The van der Waals surface area contributed by atoms with Crippen molar-refractivity contribution in [3.8, 4) is 0 Å². The highest BCUT2D eigenvalue weighted by Gasteiger charge is 2.73. The molecule has 1 aliphatic carbocycles. The first-order valence-corrected chi connectivity index (χ1v) is 17.0. The number of aliphatic hydroxyl groups is 1. The molecule has 2 saturated heterocycles. The molecule has 3 amide bonds. The van der Waals surface area contributed by atoms with Crippen molar-refractivity contribution < 1.29 is 28.6 Å². The molecule has 47 heavy (non-hydrogen) atoms. The Kier molecular flexibility index (Phi) is 9.34. The monoisotopic (exact) mass is 689 g/mol. The molecule has 2 aromatic rings. The van der Waals surface area contributed by atoms with E-state index in [1.165, 1.54) is 19.2 Å². The Morgan fingerprint density at radius 3 is 2.57 bits per heavy atom. The molecule has 0 bridgehead atoms. The van der Waals surface area contributed by atoms with Crippen LogP contribution in [0.25, 0.3) is 0 Å². The molecule has 3 fully saturated rings. The molecule has 1 aromatic carbocycles. The Hall–Kier alpha value is -2.83. The maximum absolute atomic E-state index is 16.1. The first kappa shape index (κ1) is 34.0. The zero-order valence-electron chi connectivity index (χ0n) is 26.9. The Bertz CT molecular complexity index is 1560. The highest BCUT2D eigenvalue weighted by molar-refractivity contribution is 6.31. The van der Waals surface area contributed by atoms with Gasteiger partial charge >= 0.3 is 0 Å². The van der Waals surface area contributed by atoms with Crippen LogP contribution in [0, 0.1) is 11.2 Å². The average molecular weight is 691 g/mol. The largest absolute Gasteiger partial charge is 0.395 e. The van der Waals surface area contributed by atoms with Gasteiger partial charge in [-0.3, -0.25) is 19.7 Å². The first-order chi connectivity index (χ1) is 22.3. The molecular weight excluding hydrogens is 648 g/mol. The predicted molar refractivity (Wildman–Crippen MR) is 176 cm³/mol. The number of carbonyl (C=O) groups is 3. The van der Waals surface area contributed by atoms with Gasteiger partial charge in [-0.25, -0.2) is 9.37 Å². The number of aromatic nitrogens is 1. The van der Waals surface area contributed by atoms with E-state index in [-0.39, 0.29) is 65.8 Å². The summed E-state index contributed by atoms with van der Waals surface area (Å²) in [5.74, 6) is -2.55. The van der Waals surface area contributed by atoms with Crippen LogP contribution < -0.4 is 16.0 Å². The van der Waals surface area contributed by atoms with Gasteiger partial charge in [-0.1, -0.05) is 43.1 Å². The van der Waals surface area contributed by atoms with Gasteiger partial charge in [0.2, 0.25) is 17.7 Å². The number of ether oxygens (including phenoxy) is 1. The van der Waals surface area contributed by atoms with Crippen molar-refractivity contribution in [3.63, 3.8) is 0 Å². The van der Waals surface area contributed by atoms with Crippen molar-refractivity contribution in [2.24, 2.45) is 5.41 Å². The van der Waals surface area contributed by atoms with Crippen LogP contribution >= 0.6 is 23.2 Å². The maximum Gasteiger partial charge on any atom is 0.238 e. The quantitative estimate of drug-likeness (QED) is 0.319. The van der Waals surface area contributed by atoms with E-state index in [1.807, 2.05) is 6.07 Å². The zero-order chi connectivity index (χ0) is 33.7. The Morgan fingerprint density at radius 2 is 1.91 bits per heavy atom. The van der Waals surface area contributed by atoms with Crippen LogP contribution in [0.4, 0.5) is 10.1 Å². The second-order valence-electron chi connectivity index (χ2n) is 14.2. The number of pyridine rings is 1. The SMILES string of the molecule is CC(=O)N(CCO)C[C@@H]1CC[C@@H](NC(=O)[C@@H]2NC3(CCC(C)(C)CC3)[C@@]3(C(=O)Nc4cc(Cl)ccc43)[C@H]2c2ccnc(Cl)c2F)CO1. The molecule has 13 heteroatoms. The van der Waals surface area contributed by atoms with Crippen molar-refractivity contribution in [2.75, 3.05) is 31.6 Å². The van der Waals surface area contributed by atoms with Crippen molar-refractivity contribution in [1.29, 1.82) is 0 Å². The van der Waals surface area contributed by atoms with Gasteiger partial charge in [0.25, 0.3) is 0 Å². The Balaban J connectivity index is 1.36. The highest BCUT2D eigenvalue weighted by Crippen LogP contribution is 2.64. The lowest BCUT2D eigenvalue weighted by Crippen LogP contribution is -2.61. The van der Waals surface area contributed by atoms with Crippen molar-refractivity contribution >= 4 is 46.6 Å². The third kappa shape index (κ3) is 5.92. The van der Waals surface area contributed by atoms with E-state index in [2.05, 4.69) is 34.8 Å². The number of fused-ring (bicyclic) bond motifs is 3. The highest BCUT2D eigenvalue weighted by atomic mass is 35.5. The lowest BCUT2D eigenvalue weighted by molar-refractivity contribution is -0.132. The van der Waals surface area contributed by atoms with Gasteiger partial charge in [0, 0.05) is 48.4 Å². The lowest BCUT2D eigenvalue weighted by Gasteiger charge is -2.50. The molecule has 0 unspecified atom stereocenters. The van der Waals surface area contributed by atoms with Crippen LogP contribution in [-0.2, 0) is 24.5 Å². The number of nitrogens with zero attached hydrogens (tertiary/aromatic N) is 2. The number of hydrogen-bond acceptors (Lipinski definition) is 7. The topological polar surface area (TPSA) is 133 Å². The smallest absolute Gasteiger partial charge is 0.238 e. The van der Waals surface area contributed by atoms with Gasteiger partial charge in [-0.15, -0.1) is 0 Å². The molecule has 1 saturated carbocycles. The van der Waals surface area contributed by atoms with E-state index in [0.29, 0.717) is 48.5 Å². The second-order valence-corrected chi connectivity index (χ2v) is 15.0. The molecule has 5 atom stereocenters. The van der Waals surface area contributed by atoms with Gasteiger partial charge in [-0.05, 0) is 73.3 Å². The van der Waals surface area contributed by atoms with E-state index < -0.39 is 28.7 Å². The fourth-order valence-corrected chi connectivity index (χ4v) is 8.76. The number of amides is 3. The van der Waals surface area contributed by atoms with Crippen LogP contribution in [0.5, 0.6) is 0 Å². The number of rotatable bonds is 7. The Morgan fingerprint density at radius 1 is 1.17 bits per heavy atom. The third-order valence-electron chi connectivity index (χ3n) is 10.9. The molecule has 254 valence electrons. The summed E-state index contributed by atoms with van der Waals surface area (Å²) in [6.45, 7) is 6.51. The van der Waals surface area contributed by atoms with E-state index in [0.717, 1.165) is 12.8 Å². The molecule has 4 N–H and O–H groups in total. The number of halogens is 3. The van der Waals surface area contributed by atoms with Crippen LogP contribution in [0.15, 0.2) is 30.5 Å². The van der Waals surface area contributed by atoms with Gasteiger partial charge in [0.1, 0.15) is 5.41 Å². The predicted octanol–water partition coefficient (Wildman–Crippen LogP) is 4.32. The summed E-state index contributed by atoms with van der Waals surface area (Å²) in [7, 11) is 0. The molecule has 2 spiro atoms. The molecule has 1 aromatic heterocycles. The summed E-state index contributed by atoms with van der Waals surface area (Å²) in [5.41, 5.74) is -0.837. The number of aliphatic hydroxyl groups excluding tert-OH is 1. The number of benzene rings is 1. The third-order valence-corrected chi connectivity index (χ3v) is 11.4. The van der Waals surface area contributed by atoms with Crippen molar-refractivity contribution in [3.05, 3.63) is 57.6 Å². The summed E-state index contributed by atoms with van der Waals surface area (Å²) in [6, 6.07) is 5.44. The summed E-state index contributed by atoms with van der Waals surface area (Å²) >= 11 is 12.6. The molecule has 4 aliphatic rings. The molecule has 3 aliphatic heterocycles.